The number of nitrogens with zero attached hydrogens (tertiary/aromatic N) is 1. The third kappa shape index (κ3) is 4.13. The molecular weight excluding hydrogens is 426 g/mol. The van der Waals surface area contributed by atoms with Crippen molar-refractivity contribution in [1.82, 2.24) is 0 Å². The average Bonchev–Trinajstić information content (AvgIpc) is 2.72. The molecule has 0 heterocycles. The molecule has 1 N–H and O–H groups in total. The van der Waals surface area contributed by atoms with Crippen LogP contribution in [0.15, 0.2) is 65.6 Å². The van der Waals surface area contributed by atoms with Gasteiger partial charge in [0.25, 0.3) is 15.9 Å². The summed E-state index contributed by atoms with van der Waals surface area (Å²) in [5.74, 6) is -0.242. The molecule has 0 unspecified atom stereocenters. The summed E-state index contributed by atoms with van der Waals surface area (Å²) in [5.41, 5.74) is 1.18. The van der Waals surface area contributed by atoms with E-state index in [0.717, 1.165) is 4.31 Å². The molecule has 0 aliphatic heterocycles. The highest BCUT2D eigenvalue weighted by Crippen LogP contribution is 2.33. The Labute approximate surface area is 180 Å². The van der Waals surface area contributed by atoms with Crippen LogP contribution in [0.25, 0.3) is 0 Å². The highest BCUT2D eigenvalue weighted by molar-refractivity contribution is 7.93. The van der Waals surface area contributed by atoms with E-state index in [4.69, 9.17) is 16.3 Å². The summed E-state index contributed by atoms with van der Waals surface area (Å²) >= 11 is 5.91. The van der Waals surface area contributed by atoms with E-state index >= 15 is 0 Å². The predicted octanol–water partition coefficient (Wildman–Crippen LogP) is 4.71. The number of benzene rings is 3. The first-order chi connectivity index (χ1) is 14.1. The van der Waals surface area contributed by atoms with Crippen LogP contribution >= 0.6 is 11.6 Å². The van der Waals surface area contributed by atoms with Crippen LogP contribution in [-0.4, -0.2) is 26.5 Å². The Morgan fingerprint density at radius 1 is 0.967 bits per heavy atom. The molecule has 6 nitrogen and oxygen atoms in total. The van der Waals surface area contributed by atoms with Crippen LogP contribution in [0.5, 0.6) is 11.5 Å². The van der Waals surface area contributed by atoms with Gasteiger partial charge in [-0.15, -0.1) is 0 Å². The number of aromatic hydroxyl groups is 1. The van der Waals surface area contributed by atoms with Gasteiger partial charge in [0.15, 0.2) is 0 Å². The fourth-order valence-electron chi connectivity index (χ4n) is 2.92. The molecule has 0 saturated heterocycles. The maximum Gasteiger partial charge on any atom is 0.272 e. The van der Waals surface area contributed by atoms with Crippen molar-refractivity contribution in [3.05, 3.63) is 82.4 Å². The smallest absolute Gasteiger partial charge is 0.272 e. The second-order valence-corrected chi connectivity index (χ2v) is 8.91. The van der Waals surface area contributed by atoms with E-state index in [2.05, 4.69) is 0 Å². The van der Waals surface area contributed by atoms with Gasteiger partial charge in [0.2, 0.25) is 0 Å². The summed E-state index contributed by atoms with van der Waals surface area (Å²) in [5, 5.41) is 10.4. The normalized spacial score (nSPS) is 11.2. The molecule has 3 rings (SSSR count). The first-order valence-corrected chi connectivity index (χ1v) is 10.8. The number of hydrogen-bond acceptors (Lipinski definition) is 5. The minimum Gasteiger partial charge on any atom is -0.508 e. The van der Waals surface area contributed by atoms with Crippen molar-refractivity contribution >= 4 is 33.2 Å². The van der Waals surface area contributed by atoms with Crippen molar-refractivity contribution in [3.63, 3.8) is 0 Å². The first-order valence-electron chi connectivity index (χ1n) is 8.94. The molecule has 3 aromatic rings. The SMILES string of the molecule is COc1ccc(S(=O)(=O)N(C(=O)c2ccc(Cl)cc2)c2cc(C)c(O)cc2C)cc1. The van der Waals surface area contributed by atoms with E-state index in [1.807, 2.05) is 0 Å². The Hall–Kier alpha value is -3.03. The van der Waals surface area contributed by atoms with Crippen molar-refractivity contribution in [2.24, 2.45) is 0 Å². The summed E-state index contributed by atoms with van der Waals surface area (Å²) in [6.07, 6.45) is 0. The summed E-state index contributed by atoms with van der Waals surface area (Å²) in [4.78, 5) is 13.3. The fourth-order valence-corrected chi connectivity index (χ4v) is 4.51. The molecule has 8 heteroatoms. The third-order valence-electron chi connectivity index (χ3n) is 4.61. The molecule has 0 aliphatic rings. The standard InChI is InChI=1S/C22H20ClNO5S/c1-14-13-21(25)15(2)12-20(14)24(22(26)16-4-6-17(23)7-5-16)30(27,28)19-10-8-18(29-3)9-11-19/h4-13,25H,1-3H3. The number of anilines is 1. The van der Waals surface area contributed by atoms with Crippen LogP contribution in [-0.2, 0) is 10.0 Å². The molecule has 0 aromatic heterocycles. The van der Waals surface area contributed by atoms with Crippen molar-refractivity contribution < 1.29 is 23.1 Å². The van der Waals surface area contributed by atoms with Gasteiger partial charge in [0.1, 0.15) is 11.5 Å². The number of rotatable bonds is 5. The largest absolute Gasteiger partial charge is 0.508 e. The van der Waals surface area contributed by atoms with Crippen LogP contribution in [0.3, 0.4) is 0 Å². The highest BCUT2D eigenvalue weighted by Gasteiger charge is 2.33. The molecule has 0 bridgehead atoms. The van der Waals surface area contributed by atoms with Crippen molar-refractivity contribution in [1.29, 1.82) is 0 Å². The molecule has 3 aromatic carbocycles. The van der Waals surface area contributed by atoms with Gasteiger partial charge in [-0.2, -0.15) is 4.31 Å². The topological polar surface area (TPSA) is 83.9 Å². The van der Waals surface area contributed by atoms with E-state index in [0.29, 0.717) is 21.9 Å². The number of halogens is 1. The van der Waals surface area contributed by atoms with Crippen molar-refractivity contribution in [2.45, 2.75) is 18.7 Å². The molecule has 0 radical (unpaired) electrons. The lowest BCUT2D eigenvalue weighted by Gasteiger charge is -2.25. The lowest BCUT2D eigenvalue weighted by atomic mass is 10.1. The number of amides is 1. The van der Waals surface area contributed by atoms with Gasteiger partial charge >= 0.3 is 0 Å². The number of carbonyl (C=O) groups is 1. The van der Waals surface area contributed by atoms with Crippen molar-refractivity contribution in [3.8, 4) is 11.5 Å². The lowest BCUT2D eigenvalue weighted by Crippen LogP contribution is -2.37. The lowest BCUT2D eigenvalue weighted by molar-refractivity contribution is 0.100. The van der Waals surface area contributed by atoms with Crippen LogP contribution in [0, 0.1) is 13.8 Å². The molecule has 156 valence electrons. The molecular formula is C22H20ClNO5S. The van der Waals surface area contributed by atoms with Gasteiger partial charge in [-0.3, -0.25) is 4.79 Å². The summed E-state index contributed by atoms with van der Waals surface area (Å²) in [6, 6.07) is 14.6. The van der Waals surface area contributed by atoms with Crippen molar-refractivity contribution in [2.75, 3.05) is 11.4 Å². The maximum absolute atomic E-state index is 13.5. The molecule has 0 atom stereocenters. The van der Waals surface area contributed by atoms with Gasteiger partial charge in [-0.05, 0) is 85.6 Å². The van der Waals surface area contributed by atoms with E-state index in [9.17, 15) is 18.3 Å². The van der Waals surface area contributed by atoms with E-state index in [1.165, 1.54) is 67.8 Å². The molecule has 0 aliphatic carbocycles. The minimum absolute atomic E-state index is 0.0111. The number of sulfonamides is 1. The number of phenolic OH excluding ortho intramolecular Hbond substituents is 1. The molecule has 30 heavy (non-hydrogen) atoms. The Balaban J connectivity index is 2.22. The number of phenols is 1. The van der Waals surface area contributed by atoms with Crippen LogP contribution in [0.2, 0.25) is 5.02 Å². The summed E-state index contributed by atoms with van der Waals surface area (Å²) in [6.45, 7) is 3.25. The third-order valence-corrected chi connectivity index (χ3v) is 6.57. The first kappa shape index (κ1) is 21.7. The maximum atomic E-state index is 13.5. The zero-order valence-electron chi connectivity index (χ0n) is 16.6. The molecule has 0 saturated carbocycles. The second kappa shape index (κ2) is 8.38. The Morgan fingerprint density at radius 2 is 1.57 bits per heavy atom. The Morgan fingerprint density at radius 3 is 2.13 bits per heavy atom. The van der Waals surface area contributed by atoms with Gasteiger partial charge in [0.05, 0.1) is 17.7 Å². The number of hydrogen-bond donors (Lipinski definition) is 1. The zero-order valence-corrected chi connectivity index (χ0v) is 18.2. The van der Waals surface area contributed by atoms with Crippen LogP contribution in [0.4, 0.5) is 5.69 Å². The average molecular weight is 446 g/mol. The molecule has 0 fully saturated rings. The van der Waals surface area contributed by atoms with E-state index in [-0.39, 0.29) is 21.9 Å². The summed E-state index contributed by atoms with van der Waals surface area (Å²) in [7, 11) is -2.80. The minimum atomic E-state index is -4.28. The number of carbonyl (C=O) groups excluding carboxylic acids is 1. The molecule has 1 amide bonds. The number of methoxy groups -OCH3 is 1. The van der Waals surface area contributed by atoms with Crippen LogP contribution < -0.4 is 9.04 Å². The number of aryl methyl sites for hydroxylation is 2. The van der Waals surface area contributed by atoms with E-state index in [1.54, 1.807) is 13.8 Å². The zero-order chi connectivity index (χ0) is 22.1. The fraction of sp³-hybridized carbons (Fsp3) is 0.136. The van der Waals surface area contributed by atoms with Gasteiger partial charge in [0, 0.05) is 10.6 Å². The quantitative estimate of drug-likeness (QED) is 0.615. The number of ether oxygens (including phenoxy) is 1. The van der Waals surface area contributed by atoms with Crippen LogP contribution in [0.1, 0.15) is 21.5 Å². The van der Waals surface area contributed by atoms with Gasteiger partial charge in [-0.25, -0.2) is 8.42 Å². The second-order valence-electron chi connectivity index (χ2n) is 6.68. The Kier molecular flexibility index (Phi) is 6.05. The predicted molar refractivity (Wildman–Crippen MR) is 116 cm³/mol. The Bertz CT molecular complexity index is 1190. The van der Waals surface area contributed by atoms with E-state index < -0.39 is 15.9 Å². The molecule has 0 spiro atoms. The monoisotopic (exact) mass is 445 g/mol. The van der Waals surface area contributed by atoms with Gasteiger partial charge in [-0.1, -0.05) is 11.6 Å². The summed E-state index contributed by atoms with van der Waals surface area (Å²) < 4.78 is 32.9. The van der Waals surface area contributed by atoms with Gasteiger partial charge < -0.3 is 9.84 Å². The highest BCUT2D eigenvalue weighted by atomic mass is 35.5.